The van der Waals surface area contributed by atoms with Crippen LogP contribution in [0.15, 0.2) is 0 Å². The SMILES string of the molecule is CNC(=O)OCC(COC(=O)NC)OCCCC(=O)NCCOCCOCCOCCOCCCC(C)=O. The molecule has 0 bridgehead atoms. The van der Waals surface area contributed by atoms with Gasteiger partial charge in [-0.25, -0.2) is 9.59 Å². The summed E-state index contributed by atoms with van der Waals surface area (Å²) in [7, 11) is 2.85. The van der Waals surface area contributed by atoms with Gasteiger partial charge in [0.25, 0.3) is 0 Å². The van der Waals surface area contributed by atoms with Gasteiger partial charge in [0.15, 0.2) is 0 Å². The van der Waals surface area contributed by atoms with E-state index < -0.39 is 18.3 Å². The molecule has 0 saturated carbocycles. The summed E-state index contributed by atoms with van der Waals surface area (Å²) >= 11 is 0. The Morgan fingerprint density at radius 1 is 0.632 bits per heavy atom. The molecule has 3 N–H and O–H groups in total. The fourth-order valence-electron chi connectivity index (χ4n) is 2.64. The van der Waals surface area contributed by atoms with E-state index in [0.29, 0.717) is 72.2 Å². The topological polar surface area (TPSA) is 169 Å². The minimum Gasteiger partial charge on any atom is -0.447 e. The third kappa shape index (κ3) is 25.1. The van der Waals surface area contributed by atoms with Crippen molar-refractivity contribution >= 4 is 23.9 Å². The van der Waals surface area contributed by atoms with Crippen molar-refractivity contribution in [3.05, 3.63) is 0 Å². The van der Waals surface area contributed by atoms with E-state index in [0.717, 1.165) is 6.42 Å². The number of carbonyl (C=O) groups is 4. The van der Waals surface area contributed by atoms with Crippen molar-refractivity contribution in [3.63, 3.8) is 0 Å². The predicted molar refractivity (Wildman–Crippen MR) is 136 cm³/mol. The Labute approximate surface area is 224 Å². The molecule has 14 nitrogen and oxygen atoms in total. The maximum atomic E-state index is 11.9. The van der Waals surface area contributed by atoms with Gasteiger partial charge >= 0.3 is 12.2 Å². The summed E-state index contributed by atoms with van der Waals surface area (Å²) < 4.78 is 37.0. The number of ketones is 1. The maximum absolute atomic E-state index is 11.9. The van der Waals surface area contributed by atoms with Gasteiger partial charge in [0.2, 0.25) is 5.91 Å². The maximum Gasteiger partial charge on any atom is 0.406 e. The van der Waals surface area contributed by atoms with Crippen LogP contribution in [0, 0.1) is 0 Å². The number of hydrogen-bond acceptors (Lipinski definition) is 11. The van der Waals surface area contributed by atoms with Crippen LogP contribution >= 0.6 is 0 Å². The lowest BCUT2D eigenvalue weighted by Crippen LogP contribution is -2.33. The molecule has 0 atom stereocenters. The molecule has 0 aliphatic carbocycles. The van der Waals surface area contributed by atoms with E-state index in [1.807, 2.05) is 0 Å². The van der Waals surface area contributed by atoms with E-state index in [2.05, 4.69) is 16.0 Å². The zero-order valence-corrected chi connectivity index (χ0v) is 22.9. The molecule has 14 heteroatoms. The van der Waals surface area contributed by atoms with Gasteiger partial charge < -0.3 is 53.9 Å². The second-order valence-corrected chi connectivity index (χ2v) is 7.90. The molecule has 0 aromatic heterocycles. The van der Waals surface area contributed by atoms with E-state index in [9.17, 15) is 19.2 Å². The van der Waals surface area contributed by atoms with Crippen molar-refractivity contribution in [1.29, 1.82) is 0 Å². The molecule has 0 unspecified atom stereocenters. The molecule has 0 aromatic carbocycles. The molecule has 0 aromatic rings. The molecule has 222 valence electrons. The van der Waals surface area contributed by atoms with Crippen LogP contribution in [0.25, 0.3) is 0 Å². The minimum absolute atomic E-state index is 0.101. The van der Waals surface area contributed by atoms with Crippen LogP contribution in [0.3, 0.4) is 0 Å². The van der Waals surface area contributed by atoms with Crippen LogP contribution < -0.4 is 16.0 Å². The highest BCUT2D eigenvalue weighted by molar-refractivity contribution is 5.75. The number of nitrogens with one attached hydrogen (secondary N) is 3. The number of Topliss-reactive ketones (excluding diaryl/α,β-unsaturated/α-hetero) is 1. The van der Waals surface area contributed by atoms with Crippen molar-refractivity contribution in [3.8, 4) is 0 Å². The molecule has 0 aliphatic heterocycles. The Kier molecular flexibility index (Phi) is 24.4. The molecule has 0 spiro atoms. The van der Waals surface area contributed by atoms with Crippen LogP contribution in [-0.2, 0) is 42.7 Å². The van der Waals surface area contributed by atoms with E-state index in [4.69, 9.17) is 33.2 Å². The first-order valence-electron chi connectivity index (χ1n) is 12.8. The van der Waals surface area contributed by atoms with Crippen LogP contribution in [0.1, 0.15) is 32.6 Å². The number of hydrogen-bond donors (Lipinski definition) is 3. The van der Waals surface area contributed by atoms with Gasteiger partial charge in [-0.15, -0.1) is 0 Å². The Hall–Kier alpha value is -2.52. The number of carbonyl (C=O) groups excluding carboxylic acids is 4. The van der Waals surface area contributed by atoms with Crippen LogP contribution in [-0.4, -0.2) is 123 Å². The molecular weight excluding hydrogens is 506 g/mol. The summed E-state index contributed by atoms with van der Waals surface area (Å²) in [5, 5.41) is 7.38. The van der Waals surface area contributed by atoms with Crippen molar-refractivity contribution in [2.75, 3.05) is 93.3 Å². The first kappa shape index (κ1) is 35.5. The second-order valence-electron chi connectivity index (χ2n) is 7.90. The highest BCUT2D eigenvalue weighted by Crippen LogP contribution is 2.00. The van der Waals surface area contributed by atoms with E-state index in [1.54, 1.807) is 6.92 Å². The van der Waals surface area contributed by atoms with E-state index in [-0.39, 0.29) is 37.9 Å². The highest BCUT2D eigenvalue weighted by atomic mass is 16.6. The van der Waals surface area contributed by atoms with Gasteiger partial charge in [0.05, 0.1) is 46.2 Å². The molecule has 0 fully saturated rings. The largest absolute Gasteiger partial charge is 0.447 e. The van der Waals surface area contributed by atoms with Gasteiger partial charge in [-0.1, -0.05) is 0 Å². The molecule has 0 heterocycles. The predicted octanol–water partition coefficient (Wildman–Crippen LogP) is 0.416. The average Bonchev–Trinajstić information content (AvgIpc) is 2.91. The number of rotatable bonds is 25. The van der Waals surface area contributed by atoms with Gasteiger partial charge in [-0.05, 0) is 19.8 Å². The van der Waals surface area contributed by atoms with Crippen molar-refractivity contribution in [2.45, 2.75) is 38.7 Å². The first-order valence-corrected chi connectivity index (χ1v) is 12.8. The number of alkyl carbamates (subject to hydrolysis) is 2. The van der Waals surface area contributed by atoms with E-state index in [1.165, 1.54) is 14.1 Å². The third-order valence-electron chi connectivity index (χ3n) is 4.61. The van der Waals surface area contributed by atoms with Crippen LogP contribution in [0.2, 0.25) is 0 Å². The summed E-state index contributed by atoms with van der Waals surface area (Å²) in [6.45, 7) is 5.57. The Bertz CT molecular complexity index is 618. The van der Waals surface area contributed by atoms with Crippen molar-refractivity contribution in [2.24, 2.45) is 0 Å². The Balaban J connectivity index is 3.59. The normalized spacial score (nSPS) is 10.7. The Morgan fingerprint density at radius 3 is 1.61 bits per heavy atom. The molecule has 0 rings (SSSR count). The monoisotopic (exact) mass is 551 g/mol. The number of ether oxygens (including phenoxy) is 7. The van der Waals surface area contributed by atoms with Gasteiger partial charge in [-0.2, -0.15) is 0 Å². The van der Waals surface area contributed by atoms with Gasteiger partial charge in [-0.3, -0.25) is 4.79 Å². The smallest absolute Gasteiger partial charge is 0.406 e. The molecule has 3 amide bonds. The van der Waals surface area contributed by atoms with Crippen LogP contribution in [0.4, 0.5) is 9.59 Å². The third-order valence-corrected chi connectivity index (χ3v) is 4.61. The molecule has 0 radical (unpaired) electrons. The summed E-state index contributed by atoms with van der Waals surface area (Å²) in [5.41, 5.74) is 0. The number of amides is 3. The fourth-order valence-corrected chi connectivity index (χ4v) is 2.64. The standard InChI is InChI=1S/C24H45N3O11/c1-20(28)6-4-9-32-12-14-34-16-17-35-15-13-33-11-8-27-22(29)7-5-10-36-21(18-37-23(30)25-2)19-38-24(31)26-3/h21H,4-19H2,1-3H3,(H,25,30)(H,26,31)(H,27,29). The van der Waals surface area contributed by atoms with E-state index >= 15 is 0 Å². The lowest BCUT2D eigenvalue weighted by Gasteiger charge is -2.17. The Morgan fingerprint density at radius 2 is 1.11 bits per heavy atom. The quantitative estimate of drug-likeness (QED) is 0.134. The van der Waals surface area contributed by atoms with Crippen LogP contribution in [0.5, 0.6) is 0 Å². The molecule has 38 heavy (non-hydrogen) atoms. The van der Waals surface area contributed by atoms with Crippen molar-refractivity contribution < 1.29 is 52.3 Å². The highest BCUT2D eigenvalue weighted by Gasteiger charge is 2.15. The van der Waals surface area contributed by atoms with Gasteiger partial charge in [0.1, 0.15) is 25.1 Å². The first-order chi connectivity index (χ1) is 18.4. The second kappa shape index (κ2) is 26.1. The van der Waals surface area contributed by atoms with Gasteiger partial charge in [0, 0.05) is 46.7 Å². The summed E-state index contributed by atoms with van der Waals surface area (Å²) in [5.74, 6) is 0.0216. The summed E-state index contributed by atoms with van der Waals surface area (Å²) in [6.07, 6.45) is 0.0386. The average molecular weight is 552 g/mol. The molecular formula is C24H45N3O11. The summed E-state index contributed by atoms with van der Waals surface area (Å²) in [4.78, 5) is 45.2. The zero-order valence-electron chi connectivity index (χ0n) is 22.9. The zero-order chi connectivity index (χ0) is 28.3. The minimum atomic E-state index is -0.654. The fraction of sp³-hybridized carbons (Fsp3) is 0.833. The lowest BCUT2D eigenvalue weighted by atomic mass is 10.2. The summed E-state index contributed by atoms with van der Waals surface area (Å²) in [6, 6.07) is 0. The molecule has 0 saturated heterocycles. The molecule has 0 aliphatic rings. The lowest BCUT2D eigenvalue weighted by molar-refractivity contribution is -0.122. The van der Waals surface area contributed by atoms with Crippen molar-refractivity contribution in [1.82, 2.24) is 16.0 Å².